The third-order valence-corrected chi connectivity index (χ3v) is 1.43. The van der Waals surface area contributed by atoms with Crippen molar-refractivity contribution in [3.05, 3.63) is 0 Å². The summed E-state index contributed by atoms with van der Waals surface area (Å²) in [7, 11) is 1.40. The van der Waals surface area contributed by atoms with Crippen molar-refractivity contribution in [2.75, 3.05) is 7.11 Å². The second-order valence-corrected chi connectivity index (χ2v) is 6.56. The van der Waals surface area contributed by atoms with Crippen LogP contribution in [-0.4, -0.2) is 15.0 Å². The zero-order chi connectivity index (χ0) is 6.57. The summed E-state index contributed by atoms with van der Waals surface area (Å²) in [5, 5.41) is 0. The fourth-order valence-corrected chi connectivity index (χ4v) is 0.928. The monoisotopic (exact) mass is 340 g/mol. The summed E-state index contributed by atoms with van der Waals surface area (Å²) < 4.78 is 4.76. The minimum atomic E-state index is -0.140. The highest BCUT2D eigenvalue weighted by atomic mass is 127. The van der Waals surface area contributed by atoms with E-state index in [4.69, 9.17) is 0 Å². The van der Waals surface area contributed by atoms with Crippen LogP contribution in [0.15, 0.2) is 0 Å². The lowest BCUT2D eigenvalue weighted by Gasteiger charge is -1.96. The Balaban J connectivity index is 3.25. The number of hydrogen-bond acceptors (Lipinski definition) is 2. The van der Waals surface area contributed by atoms with Gasteiger partial charge in [-0.2, -0.15) is 0 Å². The van der Waals surface area contributed by atoms with Gasteiger partial charge >= 0.3 is 5.97 Å². The first kappa shape index (κ1) is 8.93. The molecular formula is C4H6I2O2. The molecule has 0 N–H and O–H groups in total. The Morgan fingerprint density at radius 3 is 2.38 bits per heavy atom. The van der Waals surface area contributed by atoms with Gasteiger partial charge in [0.1, 0.15) is 0 Å². The van der Waals surface area contributed by atoms with Crippen LogP contribution in [-0.2, 0) is 9.53 Å². The van der Waals surface area contributed by atoms with Gasteiger partial charge in [0.2, 0.25) is 0 Å². The molecule has 0 fully saturated rings. The Kier molecular flexibility index (Phi) is 5.33. The van der Waals surface area contributed by atoms with Crippen LogP contribution in [0.4, 0.5) is 0 Å². The largest absolute Gasteiger partial charge is 0.469 e. The molecule has 0 aromatic carbocycles. The van der Waals surface area contributed by atoms with Crippen LogP contribution >= 0.6 is 45.2 Å². The Morgan fingerprint density at radius 1 is 1.75 bits per heavy atom. The molecule has 0 aliphatic carbocycles. The maximum atomic E-state index is 10.4. The predicted molar refractivity (Wildman–Crippen MR) is 48.5 cm³/mol. The summed E-state index contributed by atoms with van der Waals surface area (Å²) in [6.07, 6.45) is 0.498. The Hall–Kier alpha value is 0.930. The maximum Gasteiger partial charge on any atom is 0.307 e. The lowest BCUT2D eigenvalue weighted by molar-refractivity contribution is -0.140. The van der Waals surface area contributed by atoms with E-state index in [2.05, 4.69) is 49.9 Å². The highest BCUT2D eigenvalue weighted by molar-refractivity contribution is 14.2. The third kappa shape index (κ3) is 5.07. The van der Waals surface area contributed by atoms with Gasteiger partial charge in [-0.1, -0.05) is 45.2 Å². The van der Waals surface area contributed by atoms with Crippen LogP contribution in [0.2, 0.25) is 0 Å². The number of methoxy groups -OCH3 is 1. The van der Waals surface area contributed by atoms with E-state index < -0.39 is 0 Å². The van der Waals surface area contributed by atoms with Gasteiger partial charge in [0, 0.05) is 0 Å². The number of hydrogen-bond donors (Lipinski definition) is 0. The standard InChI is InChI=1S/C4H6I2O2/c1-8-4(7)2-3(5)6/h3H,2H2,1H3. The molecule has 0 spiro atoms. The lowest BCUT2D eigenvalue weighted by Crippen LogP contribution is -2.03. The quantitative estimate of drug-likeness (QED) is 0.435. The number of halogens is 2. The Labute approximate surface area is 75.6 Å². The average molecular weight is 340 g/mol. The molecule has 0 aliphatic rings. The number of carbonyl (C=O) groups is 1. The minimum absolute atomic E-state index is 0.140. The van der Waals surface area contributed by atoms with Crippen LogP contribution in [0.3, 0.4) is 0 Å². The van der Waals surface area contributed by atoms with Gasteiger partial charge in [-0.3, -0.25) is 4.79 Å². The fourth-order valence-electron chi connectivity index (χ4n) is 0.209. The summed E-state index contributed by atoms with van der Waals surface area (Å²) >= 11 is 4.33. The zero-order valence-electron chi connectivity index (χ0n) is 4.36. The minimum Gasteiger partial charge on any atom is -0.469 e. The van der Waals surface area contributed by atoms with E-state index in [1.165, 1.54) is 7.11 Å². The molecule has 0 aromatic rings. The maximum absolute atomic E-state index is 10.4. The molecule has 0 unspecified atom stereocenters. The molecule has 4 heteroatoms. The number of carbonyl (C=O) groups excluding carboxylic acids is 1. The van der Waals surface area contributed by atoms with E-state index in [-0.39, 0.29) is 5.97 Å². The smallest absolute Gasteiger partial charge is 0.307 e. The van der Waals surface area contributed by atoms with Gasteiger partial charge in [0.15, 0.2) is 0 Å². The number of ether oxygens (including phenoxy) is 1. The SMILES string of the molecule is COC(=O)CC(I)I. The summed E-state index contributed by atoms with van der Waals surface area (Å²) in [5.74, 6) is -0.140. The normalized spacial score (nSPS) is 9.50. The molecule has 0 atom stereocenters. The average Bonchev–Trinajstić information content (AvgIpc) is 1.65. The van der Waals surface area contributed by atoms with Gasteiger partial charge < -0.3 is 4.74 Å². The van der Waals surface area contributed by atoms with Crippen molar-refractivity contribution in [1.29, 1.82) is 0 Å². The van der Waals surface area contributed by atoms with Crippen molar-refractivity contribution in [2.24, 2.45) is 0 Å². The molecule has 2 nitrogen and oxygen atoms in total. The van der Waals surface area contributed by atoms with Crippen LogP contribution in [0.5, 0.6) is 0 Å². The van der Waals surface area contributed by atoms with Gasteiger partial charge in [-0.15, -0.1) is 0 Å². The lowest BCUT2D eigenvalue weighted by atomic mass is 10.5. The van der Waals surface area contributed by atoms with Crippen molar-refractivity contribution in [2.45, 2.75) is 8.35 Å². The summed E-state index contributed by atoms with van der Waals surface area (Å²) in [5.41, 5.74) is 0. The first-order valence-corrected chi connectivity index (χ1v) is 4.51. The number of alkyl halides is 2. The molecule has 0 saturated heterocycles. The van der Waals surface area contributed by atoms with E-state index in [1.54, 1.807) is 0 Å². The van der Waals surface area contributed by atoms with Gasteiger partial charge in [-0.25, -0.2) is 0 Å². The zero-order valence-corrected chi connectivity index (χ0v) is 8.67. The molecule has 0 saturated carbocycles. The Morgan fingerprint density at radius 2 is 2.25 bits per heavy atom. The van der Waals surface area contributed by atoms with E-state index in [0.717, 1.165) is 0 Å². The van der Waals surface area contributed by atoms with Crippen molar-refractivity contribution < 1.29 is 9.53 Å². The van der Waals surface area contributed by atoms with Gasteiger partial charge in [0.05, 0.1) is 15.5 Å². The topological polar surface area (TPSA) is 26.3 Å². The van der Waals surface area contributed by atoms with Crippen LogP contribution in [0.25, 0.3) is 0 Å². The van der Waals surface area contributed by atoms with Crippen LogP contribution < -0.4 is 0 Å². The molecule has 0 rings (SSSR count). The Bertz CT molecular complexity index is 82.1. The third-order valence-electron chi connectivity index (χ3n) is 0.549. The molecule has 0 aliphatic heterocycles. The van der Waals surface area contributed by atoms with Gasteiger partial charge in [-0.05, 0) is 0 Å². The fraction of sp³-hybridized carbons (Fsp3) is 0.750. The second-order valence-electron chi connectivity index (χ2n) is 1.17. The number of rotatable bonds is 2. The van der Waals surface area contributed by atoms with Crippen LogP contribution in [0.1, 0.15) is 6.42 Å². The summed E-state index contributed by atoms with van der Waals surface area (Å²) in [4.78, 5) is 10.4. The van der Waals surface area contributed by atoms with E-state index >= 15 is 0 Å². The summed E-state index contributed by atoms with van der Waals surface area (Å²) in [6, 6.07) is 0. The number of esters is 1. The van der Waals surface area contributed by atoms with E-state index in [0.29, 0.717) is 8.35 Å². The first-order valence-electron chi connectivity index (χ1n) is 2.01. The predicted octanol–water partition coefficient (Wildman–Crippen LogP) is 1.75. The van der Waals surface area contributed by atoms with E-state index in [9.17, 15) is 4.79 Å². The molecule has 0 amide bonds. The van der Waals surface area contributed by atoms with Crippen molar-refractivity contribution in [3.63, 3.8) is 0 Å². The molecule has 0 bridgehead atoms. The molecule has 0 aromatic heterocycles. The van der Waals surface area contributed by atoms with Crippen molar-refractivity contribution in [3.8, 4) is 0 Å². The highest BCUT2D eigenvalue weighted by Crippen LogP contribution is 2.13. The van der Waals surface area contributed by atoms with Gasteiger partial charge in [0.25, 0.3) is 0 Å². The molecule has 48 valence electrons. The molecule has 0 radical (unpaired) electrons. The van der Waals surface area contributed by atoms with Crippen molar-refractivity contribution in [1.82, 2.24) is 0 Å². The molecule has 0 heterocycles. The first-order chi connectivity index (χ1) is 3.66. The molecule has 8 heavy (non-hydrogen) atoms. The molecular weight excluding hydrogens is 334 g/mol. The summed E-state index contributed by atoms with van der Waals surface area (Å²) in [6.45, 7) is 0. The van der Waals surface area contributed by atoms with E-state index in [1.807, 2.05) is 0 Å². The second kappa shape index (κ2) is 4.78. The van der Waals surface area contributed by atoms with Crippen LogP contribution in [0, 0.1) is 0 Å². The van der Waals surface area contributed by atoms with Crippen molar-refractivity contribution >= 4 is 51.2 Å². The highest BCUT2D eigenvalue weighted by Gasteiger charge is 2.04.